The first-order valence-corrected chi connectivity index (χ1v) is 7.63. The molecule has 0 fully saturated rings. The van der Waals surface area contributed by atoms with Crippen molar-refractivity contribution in [3.05, 3.63) is 48.5 Å². The summed E-state index contributed by atoms with van der Waals surface area (Å²) in [5.41, 5.74) is 1.63. The summed E-state index contributed by atoms with van der Waals surface area (Å²) in [6, 6.07) is 14.0. The zero-order valence-electron chi connectivity index (χ0n) is 10.9. The Kier molecular flexibility index (Phi) is 3.93. The number of rotatable bonds is 4. The molecule has 0 aliphatic carbocycles. The van der Waals surface area contributed by atoms with E-state index in [9.17, 15) is 9.46 Å². The monoisotopic (exact) mass is 276 g/mol. The summed E-state index contributed by atoms with van der Waals surface area (Å²) < 4.78 is 12.7. The molecule has 0 aliphatic rings. The zero-order chi connectivity index (χ0) is 13.9. The fourth-order valence-corrected chi connectivity index (χ4v) is 3.35. The van der Waals surface area contributed by atoms with Gasteiger partial charge in [-0.05, 0) is 36.4 Å². The molecule has 0 saturated carbocycles. The molecule has 0 bridgehead atoms. The van der Waals surface area contributed by atoms with Crippen molar-refractivity contribution in [1.29, 1.82) is 0 Å². The highest BCUT2D eigenvalue weighted by Crippen LogP contribution is 2.39. The first-order chi connectivity index (χ1) is 9.07. The van der Waals surface area contributed by atoms with Crippen LogP contribution < -0.4 is 21.2 Å². The maximum absolute atomic E-state index is 12.7. The van der Waals surface area contributed by atoms with Crippen LogP contribution in [0.15, 0.2) is 48.5 Å². The Morgan fingerprint density at radius 2 is 1.32 bits per heavy atom. The lowest BCUT2D eigenvalue weighted by Crippen LogP contribution is -2.16. The van der Waals surface area contributed by atoms with E-state index in [1.165, 1.54) is 0 Å². The minimum absolute atomic E-state index is 0.424. The van der Waals surface area contributed by atoms with E-state index < -0.39 is 7.37 Å². The number of anilines is 2. The quantitative estimate of drug-likeness (QED) is 0.747. The predicted octanol–water partition coefficient (Wildman–Crippen LogP) is 1.99. The number of hydrogen-bond donors (Lipinski definition) is 3. The highest BCUT2D eigenvalue weighted by Gasteiger charge is 2.24. The lowest BCUT2D eigenvalue weighted by Gasteiger charge is -2.14. The molecule has 0 atom stereocenters. The van der Waals surface area contributed by atoms with Gasteiger partial charge in [-0.25, -0.2) is 0 Å². The summed E-state index contributed by atoms with van der Waals surface area (Å²) in [6.07, 6.45) is 0. The van der Waals surface area contributed by atoms with Crippen LogP contribution in [0.25, 0.3) is 0 Å². The van der Waals surface area contributed by atoms with Crippen LogP contribution in [-0.4, -0.2) is 19.0 Å². The molecule has 5 heteroatoms. The van der Waals surface area contributed by atoms with Crippen molar-refractivity contribution in [2.24, 2.45) is 0 Å². The Labute approximate surface area is 112 Å². The van der Waals surface area contributed by atoms with E-state index in [4.69, 9.17) is 0 Å². The van der Waals surface area contributed by atoms with Crippen LogP contribution in [0.4, 0.5) is 11.4 Å². The Morgan fingerprint density at radius 1 is 0.895 bits per heavy atom. The normalized spacial score (nSPS) is 11.1. The van der Waals surface area contributed by atoms with E-state index in [-0.39, 0.29) is 0 Å². The Hall–Kier alpha value is -1.77. The molecule has 19 heavy (non-hydrogen) atoms. The van der Waals surface area contributed by atoms with Gasteiger partial charge in [0.15, 0.2) is 0 Å². The van der Waals surface area contributed by atoms with Crippen molar-refractivity contribution in [1.82, 2.24) is 0 Å². The van der Waals surface area contributed by atoms with Crippen molar-refractivity contribution in [2.45, 2.75) is 0 Å². The molecule has 0 unspecified atom stereocenters. The maximum Gasteiger partial charge on any atom is 0.258 e. The van der Waals surface area contributed by atoms with Crippen molar-refractivity contribution in [2.75, 3.05) is 24.7 Å². The minimum atomic E-state index is -3.56. The number of hydrogen-bond acceptors (Lipinski definition) is 3. The van der Waals surface area contributed by atoms with Crippen molar-refractivity contribution in [3.63, 3.8) is 0 Å². The first-order valence-electron chi connectivity index (χ1n) is 5.97. The lowest BCUT2D eigenvalue weighted by molar-refractivity contribution is 0.501. The summed E-state index contributed by atoms with van der Waals surface area (Å²) in [5, 5.41) is 6.79. The standard InChI is InChI=1S/C14H17N2O2P/c1-15-11-5-3-7-13(9-11)19(17,18)14-8-4-6-12(10-14)16-2/h3-10,15-16H,1-2H3,(H,17,18). The molecule has 2 aromatic rings. The third-order valence-corrected chi connectivity index (χ3v) is 4.93. The van der Waals surface area contributed by atoms with Gasteiger partial charge in [-0.1, -0.05) is 12.1 Å². The Balaban J connectivity index is 2.48. The smallest absolute Gasteiger partial charge is 0.258 e. The number of nitrogens with one attached hydrogen (secondary N) is 2. The highest BCUT2D eigenvalue weighted by molar-refractivity contribution is 7.73. The van der Waals surface area contributed by atoms with Crippen molar-refractivity contribution in [3.8, 4) is 0 Å². The molecular weight excluding hydrogens is 259 g/mol. The molecule has 0 heterocycles. The van der Waals surface area contributed by atoms with Gasteiger partial charge in [0.2, 0.25) is 0 Å². The summed E-state index contributed by atoms with van der Waals surface area (Å²) in [7, 11) is 0.00409. The summed E-state index contributed by atoms with van der Waals surface area (Å²) in [6.45, 7) is 0. The topological polar surface area (TPSA) is 61.4 Å². The lowest BCUT2D eigenvalue weighted by atomic mass is 10.3. The van der Waals surface area contributed by atoms with E-state index >= 15 is 0 Å². The van der Waals surface area contributed by atoms with Crippen LogP contribution in [0.2, 0.25) is 0 Å². The fraction of sp³-hybridized carbons (Fsp3) is 0.143. The van der Waals surface area contributed by atoms with E-state index in [1.807, 2.05) is 12.1 Å². The molecule has 0 saturated heterocycles. The second-order valence-corrected chi connectivity index (χ2v) is 6.36. The third kappa shape index (κ3) is 2.80. The predicted molar refractivity (Wildman–Crippen MR) is 81.1 cm³/mol. The van der Waals surface area contributed by atoms with E-state index in [2.05, 4.69) is 10.6 Å². The summed E-state index contributed by atoms with van der Waals surface area (Å²) >= 11 is 0. The number of benzene rings is 2. The van der Waals surface area contributed by atoms with Crippen LogP contribution in [0.3, 0.4) is 0 Å². The van der Waals surface area contributed by atoms with Gasteiger partial charge >= 0.3 is 0 Å². The van der Waals surface area contributed by atoms with Crippen LogP contribution in [0, 0.1) is 0 Å². The molecular formula is C14H17N2O2P. The molecule has 2 aromatic carbocycles. The van der Waals surface area contributed by atoms with Crippen LogP contribution >= 0.6 is 7.37 Å². The minimum Gasteiger partial charge on any atom is -0.388 e. The summed E-state index contributed by atoms with van der Waals surface area (Å²) in [5.74, 6) is 0. The second-order valence-electron chi connectivity index (χ2n) is 4.18. The SMILES string of the molecule is CNc1cccc(P(=O)(O)c2cccc(NC)c2)c1. The van der Waals surface area contributed by atoms with Gasteiger partial charge in [0, 0.05) is 36.1 Å². The van der Waals surface area contributed by atoms with Gasteiger partial charge in [0.25, 0.3) is 7.37 Å². The Bertz CT molecular complexity index is 577. The van der Waals surface area contributed by atoms with Crippen LogP contribution in [0.5, 0.6) is 0 Å². The molecule has 0 aromatic heterocycles. The van der Waals surface area contributed by atoms with Gasteiger partial charge in [-0.3, -0.25) is 4.57 Å². The van der Waals surface area contributed by atoms with E-state index in [0.29, 0.717) is 10.6 Å². The average Bonchev–Trinajstić information content (AvgIpc) is 2.47. The van der Waals surface area contributed by atoms with E-state index in [0.717, 1.165) is 11.4 Å². The average molecular weight is 276 g/mol. The molecule has 3 N–H and O–H groups in total. The fourth-order valence-electron chi connectivity index (χ4n) is 1.85. The Morgan fingerprint density at radius 3 is 1.68 bits per heavy atom. The first kappa shape index (κ1) is 13.7. The van der Waals surface area contributed by atoms with Crippen molar-refractivity contribution < 1.29 is 9.46 Å². The van der Waals surface area contributed by atoms with Gasteiger partial charge in [-0.2, -0.15) is 0 Å². The second kappa shape index (κ2) is 5.47. The maximum atomic E-state index is 12.7. The molecule has 0 radical (unpaired) electrons. The van der Waals surface area contributed by atoms with Gasteiger partial charge in [0.1, 0.15) is 0 Å². The molecule has 0 spiro atoms. The zero-order valence-corrected chi connectivity index (χ0v) is 11.8. The van der Waals surface area contributed by atoms with Gasteiger partial charge in [0.05, 0.1) is 0 Å². The molecule has 100 valence electrons. The molecule has 2 rings (SSSR count). The largest absolute Gasteiger partial charge is 0.388 e. The van der Waals surface area contributed by atoms with Gasteiger partial charge in [-0.15, -0.1) is 0 Å². The van der Waals surface area contributed by atoms with E-state index in [1.54, 1.807) is 50.5 Å². The van der Waals surface area contributed by atoms with Gasteiger partial charge < -0.3 is 15.5 Å². The third-order valence-electron chi connectivity index (χ3n) is 2.97. The van der Waals surface area contributed by atoms with Crippen molar-refractivity contribution >= 4 is 29.4 Å². The summed E-state index contributed by atoms with van der Waals surface area (Å²) in [4.78, 5) is 10.4. The molecule has 0 amide bonds. The van der Waals surface area contributed by atoms with Crippen LogP contribution in [0.1, 0.15) is 0 Å². The molecule has 0 aliphatic heterocycles. The highest BCUT2D eigenvalue weighted by atomic mass is 31.2. The van der Waals surface area contributed by atoms with Crippen LogP contribution in [-0.2, 0) is 4.57 Å². The molecule has 4 nitrogen and oxygen atoms in total.